The van der Waals surface area contributed by atoms with E-state index in [-0.39, 0.29) is 19.3 Å². The topological polar surface area (TPSA) is 61.7 Å². The third kappa shape index (κ3) is 3.26. The lowest BCUT2D eigenvalue weighted by Gasteiger charge is -2.34. The number of nitrogens with one attached hydrogen (secondary N) is 1. The molecule has 4 nitrogen and oxygen atoms in total. The normalized spacial score (nSPS) is 19.1. The van der Waals surface area contributed by atoms with Gasteiger partial charge in [-0.3, -0.25) is 0 Å². The molecule has 0 spiro atoms. The van der Waals surface area contributed by atoms with Crippen molar-refractivity contribution in [3.8, 4) is 5.75 Å². The van der Waals surface area contributed by atoms with Crippen molar-refractivity contribution in [3.05, 3.63) is 29.3 Å². The van der Waals surface area contributed by atoms with Gasteiger partial charge in [0, 0.05) is 6.04 Å². The highest BCUT2D eigenvalue weighted by Gasteiger charge is 2.28. The first-order valence-corrected chi connectivity index (χ1v) is 6.75. The SMILES string of the molecule is COc1ccc2c(c1)CC(NC(C)(CO)CO)CC2. The molecule has 0 heterocycles. The van der Waals surface area contributed by atoms with Crippen LogP contribution in [0.1, 0.15) is 24.5 Å². The second kappa shape index (κ2) is 5.90. The molecule has 19 heavy (non-hydrogen) atoms. The van der Waals surface area contributed by atoms with Crippen molar-refractivity contribution in [1.82, 2.24) is 5.32 Å². The van der Waals surface area contributed by atoms with E-state index in [1.54, 1.807) is 7.11 Å². The van der Waals surface area contributed by atoms with Crippen LogP contribution in [0.3, 0.4) is 0 Å². The molecule has 0 aromatic heterocycles. The molecular formula is C15H23NO3. The molecule has 1 atom stereocenters. The Morgan fingerprint density at radius 2 is 2.05 bits per heavy atom. The summed E-state index contributed by atoms with van der Waals surface area (Å²) in [4.78, 5) is 0. The summed E-state index contributed by atoms with van der Waals surface area (Å²) in [5, 5.41) is 22.1. The zero-order valence-electron chi connectivity index (χ0n) is 11.6. The Kier molecular flexibility index (Phi) is 4.45. The number of aliphatic hydroxyl groups excluding tert-OH is 2. The number of aryl methyl sites for hydroxylation is 1. The van der Waals surface area contributed by atoms with Gasteiger partial charge in [-0.15, -0.1) is 0 Å². The molecule has 0 saturated carbocycles. The number of aliphatic hydroxyl groups is 2. The highest BCUT2D eigenvalue weighted by Crippen LogP contribution is 2.26. The molecule has 0 radical (unpaired) electrons. The summed E-state index contributed by atoms with van der Waals surface area (Å²) in [6.45, 7) is 1.71. The monoisotopic (exact) mass is 265 g/mol. The summed E-state index contributed by atoms with van der Waals surface area (Å²) in [7, 11) is 1.68. The van der Waals surface area contributed by atoms with Gasteiger partial charge in [-0.2, -0.15) is 0 Å². The van der Waals surface area contributed by atoms with Crippen LogP contribution in [-0.2, 0) is 12.8 Å². The Morgan fingerprint density at radius 3 is 2.68 bits per heavy atom. The number of hydrogen-bond acceptors (Lipinski definition) is 4. The van der Waals surface area contributed by atoms with Crippen LogP contribution in [0.25, 0.3) is 0 Å². The van der Waals surface area contributed by atoms with Crippen molar-refractivity contribution >= 4 is 0 Å². The fourth-order valence-electron chi connectivity index (χ4n) is 2.62. The van der Waals surface area contributed by atoms with E-state index < -0.39 is 5.54 Å². The van der Waals surface area contributed by atoms with E-state index in [1.165, 1.54) is 11.1 Å². The predicted molar refractivity (Wildman–Crippen MR) is 74.5 cm³/mol. The van der Waals surface area contributed by atoms with Gasteiger partial charge in [0.15, 0.2) is 0 Å². The largest absolute Gasteiger partial charge is 0.497 e. The highest BCUT2D eigenvalue weighted by molar-refractivity contribution is 5.38. The molecule has 0 amide bonds. The standard InChI is InChI=1S/C15H23NO3/c1-15(9-17,10-18)16-13-5-3-11-4-6-14(19-2)8-12(11)7-13/h4,6,8,13,16-18H,3,5,7,9-10H2,1-2H3. The Bertz CT molecular complexity index is 429. The van der Waals surface area contributed by atoms with Crippen LogP contribution in [0.2, 0.25) is 0 Å². The van der Waals surface area contributed by atoms with Gasteiger partial charge < -0.3 is 20.3 Å². The number of methoxy groups -OCH3 is 1. The molecular weight excluding hydrogens is 242 g/mol. The molecule has 1 aliphatic carbocycles. The smallest absolute Gasteiger partial charge is 0.119 e. The molecule has 1 aliphatic rings. The zero-order chi connectivity index (χ0) is 13.9. The number of fused-ring (bicyclic) bond motifs is 1. The summed E-state index contributed by atoms with van der Waals surface area (Å²) in [6.07, 6.45) is 2.95. The van der Waals surface area contributed by atoms with Crippen molar-refractivity contribution < 1.29 is 14.9 Å². The van der Waals surface area contributed by atoms with Crippen molar-refractivity contribution in [2.45, 2.75) is 37.8 Å². The Labute approximate surface area is 114 Å². The molecule has 0 aliphatic heterocycles. The first kappa shape index (κ1) is 14.3. The van der Waals surface area contributed by atoms with E-state index in [0.717, 1.165) is 25.0 Å². The third-order valence-electron chi connectivity index (χ3n) is 3.89. The van der Waals surface area contributed by atoms with Crippen LogP contribution in [0.5, 0.6) is 5.75 Å². The van der Waals surface area contributed by atoms with Crippen LogP contribution in [0.15, 0.2) is 18.2 Å². The number of benzene rings is 1. The average molecular weight is 265 g/mol. The van der Waals surface area contributed by atoms with Gasteiger partial charge >= 0.3 is 0 Å². The summed E-state index contributed by atoms with van der Waals surface area (Å²) in [5.74, 6) is 0.881. The van der Waals surface area contributed by atoms with Gasteiger partial charge in [0.05, 0.1) is 25.9 Å². The van der Waals surface area contributed by atoms with Crippen LogP contribution in [-0.4, -0.2) is 42.1 Å². The minimum absolute atomic E-state index is 0.0645. The van der Waals surface area contributed by atoms with Gasteiger partial charge in [-0.05, 0) is 49.4 Å². The van der Waals surface area contributed by atoms with Crippen molar-refractivity contribution in [2.24, 2.45) is 0 Å². The van der Waals surface area contributed by atoms with Crippen LogP contribution < -0.4 is 10.1 Å². The lowest BCUT2D eigenvalue weighted by atomic mass is 9.86. The Hall–Kier alpha value is -1.10. The maximum atomic E-state index is 9.35. The van der Waals surface area contributed by atoms with E-state index in [9.17, 15) is 10.2 Å². The molecule has 0 fully saturated rings. The van der Waals surface area contributed by atoms with Gasteiger partial charge in [-0.1, -0.05) is 6.07 Å². The van der Waals surface area contributed by atoms with Gasteiger partial charge in [0.2, 0.25) is 0 Å². The maximum Gasteiger partial charge on any atom is 0.119 e. The van der Waals surface area contributed by atoms with Gasteiger partial charge in [0.1, 0.15) is 5.75 Å². The molecule has 4 heteroatoms. The van der Waals surface area contributed by atoms with E-state index in [2.05, 4.69) is 17.4 Å². The van der Waals surface area contributed by atoms with E-state index >= 15 is 0 Å². The molecule has 1 aromatic rings. The van der Waals surface area contributed by atoms with Crippen molar-refractivity contribution in [2.75, 3.05) is 20.3 Å². The van der Waals surface area contributed by atoms with Gasteiger partial charge in [-0.25, -0.2) is 0 Å². The van der Waals surface area contributed by atoms with E-state index in [0.29, 0.717) is 0 Å². The lowest BCUT2D eigenvalue weighted by molar-refractivity contribution is 0.0919. The summed E-state index contributed by atoms with van der Waals surface area (Å²) >= 11 is 0. The zero-order valence-corrected chi connectivity index (χ0v) is 11.6. The van der Waals surface area contributed by atoms with Crippen LogP contribution >= 0.6 is 0 Å². The second-order valence-electron chi connectivity index (χ2n) is 5.60. The average Bonchev–Trinajstić information content (AvgIpc) is 2.46. The highest BCUT2D eigenvalue weighted by atomic mass is 16.5. The summed E-state index contributed by atoms with van der Waals surface area (Å²) < 4.78 is 5.26. The van der Waals surface area contributed by atoms with Crippen molar-refractivity contribution in [1.29, 1.82) is 0 Å². The molecule has 0 saturated heterocycles. The summed E-state index contributed by atoms with van der Waals surface area (Å²) in [5.41, 5.74) is 2.05. The van der Waals surface area contributed by atoms with Crippen molar-refractivity contribution in [3.63, 3.8) is 0 Å². The summed E-state index contributed by atoms with van der Waals surface area (Å²) in [6, 6.07) is 6.49. The van der Waals surface area contributed by atoms with E-state index in [1.807, 2.05) is 13.0 Å². The lowest BCUT2D eigenvalue weighted by Crippen LogP contribution is -2.54. The number of ether oxygens (including phenoxy) is 1. The minimum Gasteiger partial charge on any atom is -0.497 e. The van der Waals surface area contributed by atoms with Gasteiger partial charge in [0.25, 0.3) is 0 Å². The fourth-order valence-corrected chi connectivity index (χ4v) is 2.62. The molecule has 0 bridgehead atoms. The number of hydrogen-bond donors (Lipinski definition) is 3. The molecule has 106 valence electrons. The quantitative estimate of drug-likeness (QED) is 0.740. The Balaban J connectivity index is 2.08. The van der Waals surface area contributed by atoms with Crippen LogP contribution in [0.4, 0.5) is 0 Å². The molecule has 1 unspecified atom stereocenters. The first-order chi connectivity index (χ1) is 9.10. The predicted octanol–water partition coefficient (Wildman–Crippen LogP) is 0.885. The Morgan fingerprint density at radius 1 is 1.32 bits per heavy atom. The molecule has 2 rings (SSSR count). The molecule has 1 aromatic carbocycles. The number of rotatable bonds is 5. The third-order valence-corrected chi connectivity index (χ3v) is 3.89. The maximum absolute atomic E-state index is 9.35. The first-order valence-electron chi connectivity index (χ1n) is 6.75. The second-order valence-corrected chi connectivity index (χ2v) is 5.60. The van der Waals surface area contributed by atoms with Crippen LogP contribution in [0, 0.1) is 0 Å². The molecule has 3 N–H and O–H groups in total. The minimum atomic E-state index is -0.610. The fraction of sp³-hybridized carbons (Fsp3) is 0.600. The van der Waals surface area contributed by atoms with E-state index in [4.69, 9.17) is 4.74 Å².